The van der Waals surface area contributed by atoms with Crippen molar-refractivity contribution in [3.63, 3.8) is 0 Å². The first-order valence-electron chi connectivity index (χ1n) is 12.2. The Morgan fingerprint density at radius 3 is 2.71 bits per heavy atom. The van der Waals surface area contributed by atoms with Gasteiger partial charge in [-0.25, -0.2) is 9.07 Å². The van der Waals surface area contributed by atoms with Gasteiger partial charge in [0.25, 0.3) is 5.91 Å². The van der Waals surface area contributed by atoms with Gasteiger partial charge in [-0.15, -0.1) is 0 Å². The third kappa shape index (κ3) is 4.61. The summed E-state index contributed by atoms with van der Waals surface area (Å²) < 4.78 is 22.5. The number of nitrogens with one attached hydrogen (secondary N) is 1. The molecule has 0 saturated carbocycles. The maximum absolute atomic E-state index is 13.6. The molecule has 2 amide bonds. The van der Waals surface area contributed by atoms with Gasteiger partial charge in [0, 0.05) is 28.5 Å². The minimum atomic E-state index is -0.693. The number of hydrogen-bond donors (Lipinski definition) is 1. The molecule has 2 aliphatic heterocycles. The lowest BCUT2D eigenvalue weighted by Gasteiger charge is -2.23. The zero-order chi connectivity index (χ0) is 26.4. The SMILES string of the molecule is C[C@@H]1O[C@H](c2cn(-c3ccc(Br)cc3)nc2-c2ccc(F)cn2)N(CCc2ccc3c(c2)CC(=O)N3)C1=O. The van der Waals surface area contributed by atoms with Crippen LogP contribution in [0.5, 0.6) is 0 Å². The van der Waals surface area contributed by atoms with Crippen molar-refractivity contribution in [1.82, 2.24) is 19.7 Å². The second-order valence-corrected chi connectivity index (χ2v) is 10.3. The Bertz CT molecular complexity index is 1540. The third-order valence-corrected chi connectivity index (χ3v) is 7.28. The highest BCUT2D eigenvalue weighted by Crippen LogP contribution is 2.37. The molecule has 2 aromatic carbocycles. The standard InChI is InChI=1S/C28H23BrFN5O3/c1-16-27(37)34(11-10-17-2-8-23-18(12-17)13-25(36)32-23)28(38-16)22-15-35(21-6-3-19(29)4-7-21)33-26(22)24-9-5-20(30)14-31-24/h2-9,12,14-16,28H,10-11,13H2,1H3,(H,32,36)/t16-,28+/m0/s1. The normalized spacial score (nSPS) is 18.7. The van der Waals surface area contributed by atoms with Gasteiger partial charge in [0.2, 0.25) is 5.91 Å². The van der Waals surface area contributed by atoms with Crippen LogP contribution >= 0.6 is 15.9 Å². The molecule has 0 unspecified atom stereocenters. The summed E-state index contributed by atoms with van der Waals surface area (Å²) in [6.07, 6.45) is 2.60. The molecule has 2 aromatic heterocycles. The highest BCUT2D eigenvalue weighted by atomic mass is 79.9. The average Bonchev–Trinajstić information content (AvgIpc) is 3.58. The van der Waals surface area contributed by atoms with Gasteiger partial charge >= 0.3 is 0 Å². The van der Waals surface area contributed by atoms with Gasteiger partial charge < -0.3 is 15.0 Å². The molecule has 1 fully saturated rings. The van der Waals surface area contributed by atoms with E-state index in [0.717, 1.165) is 33.2 Å². The maximum atomic E-state index is 13.6. The summed E-state index contributed by atoms with van der Waals surface area (Å²) in [5.41, 5.74) is 5.28. The van der Waals surface area contributed by atoms with Crippen LogP contribution in [0.15, 0.2) is 71.5 Å². The van der Waals surface area contributed by atoms with Gasteiger partial charge in [0.1, 0.15) is 17.6 Å². The first-order valence-corrected chi connectivity index (χ1v) is 13.0. The van der Waals surface area contributed by atoms with Crippen molar-refractivity contribution >= 4 is 33.4 Å². The molecule has 192 valence electrons. The predicted molar refractivity (Wildman–Crippen MR) is 142 cm³/mol. The summed E-state index contributed by atoms with van der Waals surface area (Å²) >= 11 is 3.45. The number of aromatic nitrogens is 3. The van der Waals surface area contributed by atoms with E-state index in [1.807, 2.05) is 48.7 Å². The third-order valence-electron chi connectivity index (χ3n) is 6.75. The summed E-state index contributed by atoms with van der Waals surface area (Å²) in [5, 5.41) is 7.61. The number of amides is 2. The van der Waals surface area contributed by atoms with Crippen molar-refractivity contribution in [3.8, 4) is 17.1 Å². The number of halogens is 2. The number of benzene rings is 2. The molecule has 4 heterocycles. The molecule has 4 aromatic rings. The van der Waals surface area contributed by atoms with Crippen LogP contribution in [0.4, 0.5) is 10.1 Å². The molecule has 0 bridgehead atoms. The Balaban J connectivity index is 1.34. The summed E-state index contributed by atoms with van der Waals surface area (Å²) in [5.74, 6) is -0.585. The molecule has 0 aliphatic carbocycles. The van der Waals surface area contributed by atoms with E-state index in [0.29, 0.717) is 36.3 Å². The first-order chi connectivity index (χ1) is 18.4. The maximum Gasteiger partial charge on any atom is 0.253 e. The van der Waals surface area contributed by atoms with Crippen LogP contribution in [0.2, 0.25) is 0 Å². The van der Waals surface area contributed by atoms with E-state index < -0.39 is 18.1 Å². The molecule has 8 nitrogen and oxygen atoms in total. The molecule has 0 radical (unpaired) electrons. The number of carbonyl (C=O) groups excluding carboxylic acids is 2. The van der Waals surface area contributed by atoms with Gasteiger partial charge in [0.15, 0.2) is 6.23 Å². The highest BCUT2D eigenvalue weighted by Gasteiger charge is 2.41. The highest BCUT2D eigenvalue weighted by molar-refractivity contribution is 9.10. The fourth-order valence-electron chi connectivity index (χ4n) is 4.84. The van der Waals surface area contributed by atoms with Crippen LogP contribution in [-0.2, 0) is 27.2 Å². The number of hydrogen-bond acceptors (Lipinski definition) is 5. The van der Waals surface area contributed by atoms with Gasteiger partial charge in [-0.2, -0.15) is 5.10 Å². The van der Waals surface area contributed by atoms with Crippen LogP contribution in [0.25, 0.3) is 17.1 Å². The Labute approximate surface area is 226 Å². The van der Waals surface area contributed by atoms with Crippen LogP contribution in [0, 0.1) is 5.82 Å². The lowest BCUT2D eigenvalue weighted by atomic mass is 10.1. The van der Waals surface area contributed by atoms with E-state index in [1.165, 1.54) is 6.07 Å². The second kappa shape index (κ2) is 9.77. The minimum Gasteiger partial charge on any atom is -0.341 e. The molecular weight excluding hydrogens is 553 g/mol. The number of fused-ring (bicyclic) bond motifs is 1. The van der Waals surface area contributed by atoms with Crippen LogP contribution in [0.3, 0.4) is 0 Å². The molecule has 2 aliphatic rings. The summed E-state index contributed by atoms with van der Waals surface area (Å²) in [6.45, 7) is 2.14. The monoisotopic (exact) mass is 575 g/mol. The first kappa shape index (κ1) is 24.4. The van der Waals surface area contributed by atoms with E-state index in [9.17, 15) is 14.0 Å². The zero-order valence-corrected chi connectivity index (χ0v) is 22.0. The zero-order valence-electron chi connectivity index (χ0n) is 20.4. The van der Waals surface area contributed by atoms with E-state index in [4.69, 9.17) is 9.84 Å². The van der Waals surface area contributed by atoms with E-state index >= 15 is 0 Å². The summed E-state index contributed by atoms with van der Waals surface area (Å²) in [6, 6.07) is 16.4. The largest absolute Gasteiger partial charge is 0.341 e. The number of nitrogens with zero attached hydrogens (tertiary/aromatic N) is 4. The van der Waals surface area contributed by atoms with Crippen LogP contribution in [-0.4, -0.2) is 44.1 Å². The predicted octanol–water partition coefficient (Wildman–Crippen LogP) is 4.82. The lowest BCUT2D eigenvalue weighted by molar-refractivity contribution is -0.130. The second-order valence-electron chi connectivity index (χ2n) is 9.34. The number of ether oxygens (including phenoxy) is 1. The van der Waals surface area contributed by atoms with Crippen LogP contribution in [0.1, 0.15) is 29.8 Å². The van der Waals surface area contributed by atoms with Crippen molar-refractivity contribution < 1.29 is 18.7 Å². The lowest BCUT2D eigenvalue weighted by Crippen LogP contribution is -2.32. The molecule has 2 atom stereocenters. The Hall–Kier alpha value is -3.89. The molecule has 6 rings (SSSR count). The van der Waals surface area contributed by atoms with Crippen molar-refractivity contribution in [1.29, 1.82) is 0 Å². The number of pyridine rings is 1. The molecule has 1 saturated heterocycles. The van der Waals surface area contributed by atoms with Crippen molar-refractivity contribution in [2.75, 3.05) is 11.9 Å². The van der Waals surface area contributed by atoms with Gasteiger partial charge in [-0.3, -0.25) is 14.6 Å². The Morgan fingerprint density at radius 1 is 1.13 bits per heavy atom. The van der Waals surface area contributed by atoms with Crippen molar-refractivity contribution in [2.24, 2.45) is 0 Å². The van der Waals surface area contributed by atoms with E-state index in [2.05, 4.69) is 26.2 Å². The Kier molecular flexibility index (Phi) is 6.29. The van der Waals surface area contributed by atoms with Crippen molar-refractivity contribution in [2.45, 2.75) is 32.1 Å². The molecule has 38 heavy (non-hydrogen) atoms. The Morgan fingerprint density at radius 2 is 1.95 bits per heavy atom. The number of carbonyl (C=O) groups is 2. The number of rotatable bonds is 6. The minimum absolute atomic E-state index is 0.0149. The van der Waals surface area contributed by atoms with Gasteiger partial charge in [-0.1, -0.05) is 28.1 Å². The fraction of sp³-hybridized carbons (Fsp3) is 0.214. The fourth-order valence-corrected chi connectivity index (χ4v) is 5.10. The van der Waals surface area contributed by atoms with Gasteiger partial charge in [0.05, 0.1) is 24.0 Å². The summed E-state index contributed by atoms with van der Waals surface area (Å²) in [7, 11) is 0. The van der Waals surface area contributed by atoms with E-state index in [1.54, 1.807) is 22.6 Å². The molecule has 10 heteroatoms. The van der Waals surface area contributed by atoms with Crippen molar-refractivity contribution in [3.05, 3.63) is 94.0 Å². The van der Waals surface area contributed by atoms with E-state index in [-0.39, 0.29) is 11.8 Å². The topological polar surface area (TPSA) is 89.3 Å². The summed E-state index contributed by atoms with van der Waals surface area (Å²) in [4.78, 5) is 30.9. The average molecular weight is 576 g/mol. The number of anilines is 1. The quantitative estimate of drug-likeness (QED) is 0.356. The smallest absolute Gasteiger partial charge is 0.253 e. The van der Waals surface area contributed by atoms with Crippen LogP contribution < -0.4 is 5.32 Å². The molecule has 1 N–H and O–H groups in total. The molecule has 0 spiro atoms. The van der Waals surface area contributed by atoms with Gasteiger partial charge in [-0.05, 0) is 66.9 Å². The molecular formula is C28H23BrFN5O3.